The zero-order valence-corrected chi connectivity index (χ0v) is 11.0. The van der Waals surface area contributed by atoms with Crippen LogP contribution in [0.1, 0.15) is 24.2 Å². The molecule has 0 fully saturated rings. The quantitative estimate of drug-likeness (QED) is 0.647. The lowest BCUT2D eigenvalue weighted by Gasteiger charge is -2.19. The van der Waals surface area contributed by atoms with E-state index in [9.17, 15) is 14.0 Å². The first-order valence-electron chi connectivity index (χ1n) is 5.99. The molecule has 0 radical (unpaired) electrons. The number of carbonyl (C=O) groups excluding carboxylic acids is 2. The summed E-state index contributed by atoms with van der Waals surface area (Å²) in [5, 5.41) is 0. The molecule has 0 spiro atoms. The lowest BCUT2D eigenvalue weighted by atomic mass is 10.1. The minimum absolute atomic E-state index is 0.0232. The van der Waals surface area contributed by atoms with Crippen molar-refractivity contribution in [1.29, 1.82) is 0 Å². The highest BCUT2D eigenvalue weighted by molar-refractivity contribution is 5.96. The Morgan fingerprint density at radius 1 is 1.37 bits per heavy atom. The number of hydrogen-bond acceptors (Lipinski definition) is 4. The van der Waals surface area contributed by atoms with Crippen molar-refractivity contribution in [3.05, 3.63) is 29.6 Å². The van der Waals surface area contributed by atoms with Gasteiger partial charge < -0.3 is 15.4 Å². The van der Waals surface area contributed by atoms with Crippen molar-refractivity contribution in [2.24, 2.45) is 0 Å². The van der Waals surface area contributed by atoms with E-state index in [1.807, 2.05) is 0 Å². The van der Waals surface area contributed by atoms with E-state index in [1.54, 1.807) is 13.8 Å². The molecule has 2 N–H and O–H groups in total. The van der Waals surface area contributed by atoms with Crippen molar-refractivity contribution in [2.75, 3.05) is 25.4 Å². The van der Waals surface area contributed by atoms with Crippen LogP contribution in [0.3, 0.4) is 0 Å². The van der Waals surface area contributed by atoms with Gasteiger partial charge in [-0.3, -0.25) is 9.59 Å². The molecule has 6 heteroatoms. The van der Waals surface area contributed by atoms with Crippen LogP contribution in [0.2, 0.25) is 0 Å². The number of hydrogen-bond donors (Lipinski definition) is 1. The molecule has 1 aromatic rings. The average molecular weight is 268 g/mol. The summed E-state index contributed by atoms with van der Waals surface area (Å²) in [5.41, 5.74) is 5.47. The first-order valence-corrected chi connectivity index (χ1v) is 5.99. The number of esters is 1. The van der Waals surface area contributed by atoms with Crippen LogP contribution >= 0.6 is 0 Å². The van der Waals surface area contributed by atoms with E-state index in [1.165, 1.54) is 17.0 Å². The maximum atomic E-state index is 13.3. The highest BCUT2D eigenvalue weighted by atomic mass is 19.1. The van der Waals surface area contributed by atoms with Crippen LogP contribution in [0.25, 0.3) is 0 Å². The SMILES string of the molecule is CCOC(=O)CN(CC)C(=O)c1ccc(N)c(F)c1. The van der Waals surface area contributed by atoms with Gasteiger partial charge in [-0.1, -0.05) is 0 Å². The summed E-state index contributed by atoms with van der Waals surface area (Å²) in [6, 6.07) is 3.81. The summed E-state index contributed by atoms with van der Waals surface area (Å²) in [6.45, 7) is 3.83. The number of carbonyl (C=O) groups is 2. The summed E-state index contributed by atoms with van der Waals surface area (Å²) in [5.74, 6) is -1.58. The highest BCUT2D eigenvalue weighted by Crippen LogP contribution is 2.13. The predicted molar refractivity (Wildman–Crippen MR) is 69.0 cm³/mol. The maximum absolute atomic E-state index is 13.3. The van der Waals surface area contributed by atoms with Crippen molar-refractivity contribution in [2.45, 2.75) is 13.8 Å². The first-order chi connectivity index (χ1) is 8.99. The lowest BCUT2D eigenvalue weighted by Crippen LogP contribution is -2.36. The number of ether oxygens (including phenoxy) is 1. The molecule has 0 unspecified atom stereocenters. The van der Waals surface area contributed by atoms with E-state index in [4.69, 9.17) is 10.5 Å². The molecule has 0 aliphatic carbocycles. The molecule has 0 saturated carbocycles. The Kier molecular flexibility index (Phi) is 5.29. The number of amides is 1. The van der Waals surface area contributed by atoms with E-state index in [0.717, 1.165) is 6.07 Å². The molecule has 0 aromatic heterocycles. The van der Waals surface area contributed by atoms with Gasteiger partial charge >= 0.3 is 5.97 Å². The van der Waals surface area contributed by atoms with Gasteiger partial charge in [0.05, 0.1) is 12.3 Å². The van der Waals surface area contributed by atoms with Gasteiger partial charge in [-0.2, -0.15) is 0 Å². The minimum Gasteiger partial charge on any atom is -0.465 e. The van der Waals surface area contributed by atoms with E-state index >= 15 is 0 Å². The number of likely N-dealkylation sites (N-methyl/N-ethyl adjacent to an activating group) is 1. The lowest BCUT2D eigenvalue weighted by molar-refractivity contribution is -0.143. The molecular formula is C13H17FN2O3. The molecule has 0 aliphatic heterocycles. The summed E-state index contributed by atoms with van der Waals surface area (Å²) >= 11 is 0. The van der Waals surface area contributed by atoms with Gasteiger partial charge in [0.15, 0.2) is 0 Å². The molecule has 1 rings (SSSR count). The Morgan fingerprint density at radius 2 is 2.05 bits per heavy atom. The standard InChI is InChI=1S/C13H17FN2O3/c1-3-16(8-12(17)19-4-2)13(18)9-5-6-11(15)10(14)7-9/h5-7H,3-4,8,15H2,1-2H3. The summed E-state index contributed by atoms with van der Waals surface area (Å²) in [4.78, 5) is 24.7. The second-order valence-corrected chi connectivity index (χ2v) is 3.86. The third kappa shape index (κ3) is 3.94. The Bertz CT molecular complexity index is 477. The molecule has 0 atom stereocenters. The van der Waals surface area contributed by atoms with Crippen molar-refractivity contribution < 1.29 is 18.7 Å². The Morgan fingerprint density at radius 3 is 2.58 bits per heavy atom. The molecular weight excluding hydrogens is 251 g/mol. The van der Waals surface area contributed by atoms with Crippen molar-refractivity contribution >= 4 is 17.6 Å². The second kappa shape index (κ2) is 6.72. The zero-order chi connectivity index (χ0) is 14.4. The van der Waals surface area contributed by atoms with Gasteiger partial charge in [-0.25, -0.2) is 4.39 Å². The number of anilines is 1. The van der Waals surface area contributed by atoms with Crippen molar-refractivity contribution in [1.82, 2.24) is 4.90 Å². The van der Waals surface area contributed by atoms with E-state index in [0.29, 0.717) is 6.54 Å². The van der Waals surface area contributed by atoms with Crippen LogP contribution in [0.15, 0.2) is 18.2 Å². The van der Waals surface area contributed by atoms with Gasteiger partial charge in [0.1, 0.15) is 12.4 Å². The number of benzene rings is 1. The molecule has 0 aliphatic rings. The Balaban J connectivity index is 2.83. The Hall–Kier alpha value is -2.11. The third-order valence-corrected chi connectivity index (χ3v) is 2.54. The largest absolute Gasteiger partial charge is 0.465 e. The molecule has 19 heavy (non-hydrogen) atoms. The number of nitrogens with two attached hydrogens (primary N) is 1. The summed E-state index contributed by atoms with van der Waals surface area (Å²) in [7, 11) is 0. The number of nitrogens with zero attached hydrogens (tertiary/aromatic N) is 1. The normalized spacial score (nSPS) is 10.1. The molecule has 5 nitrogen and oxygen atoms in total. The van der Waals surface area contributed by atoms with E-state index in [-0.39, 0.29) is 24.4 Å². The van der Waals surface area contributed by atoms with Gasteiger partial charge in [0, 0.05) is 12.1 Å². The zero-order valence-electron chi connectivity index (χ0n) is 11.0. The van der Waals surface area contributed by atoms with Crippen LogP contribution in [0.5, 0.6) is 0 Å². The topological polar surface area (TPSA) is 72.6 Å². The van der Waals surface area contributed by atoms with Crippen LogP contribution in [-0.4, -0.2) is 36.5 Å². The van der Waals surface area contributed by atoms with E-state index in [2.05, 4.69) is 0 Å². The summed E-state index contributed by atoms with van der Waals surface area (Å²) in [6.07, 6.45) is 0. The van der Waals surface area contributed by atoms with Crippen molar-refractivity contribution in [3.63, 3.8) is 0 Å². The number of halogens is 1. The molecule has 1 amide bonds. The first kappa shape index (κ1) is 14.9. The monoisotopic (exact) mass is 268 g/mol. The van der Waals surface area contributed by atoms with Gasteiger partial charge in [-0.15, -0.1) is 0 Å². The van der Waals surface area contributed by atoms with Crippen LogP contribution in [0, 0.1) is 5.82 Å². The molecule has 104 valence electrons. The fraction of sp³-hybridized carbons (Fsp3) is 0.385. The number of rotatable bonds is 5. The minimum atomic E-state index is -0.655. The maximum Gasteiger partial charge on any atom is 0.325 e. The van der Waals surface area contributed by atoms with Gasteiger partial charge in [0.25, 0.3) is 5.91 Å². The van der Waals surface area contributed by atoms with Gasteiger partial charge in [0.2, 0.25) is 0 Å². The molecule has 0 saturated heterocycles. The van der Waals surface area contributed by atoms with Gasteiger partial charge in [-0.05, 0) is 32.0 Å². The van der Waals surface area contributed by atoms with Crippen LogP contribution < -0.4 is 5.73 Å². The summed E-state index contributed by atoms with van der Waals surface area (Å²) < 4.78 is 18.1. The second-order valence-electron chi connectivity index (χ2n) is 3.86. The molecule has 0 heterocycles. The van der Waals surface area contributed by atoms with Crippen LogP contribution in [-0.2, 0) is 9.53 Å². The van der Waals surface area contributed by atoms with Crippen LogP contribution in [0.4, 0.5) is 10.1 Å². The fourth-order valence-corrected chi connectivity index (χ4v) is 1.53. The molecule has 1 aromatic carbocycles. The average Bonchev–Trinajstić information content (AvgIpc) is 2.38. The van der Waals surface area contributed by atoms with E-state index < -0.39 is 17.7 Å². The highest BCUT2D eigenvalue weighted by Gasteiger charge is 2.18. The molecule has 0 bridgehead atoms. The van der Waals surface area contributed by atoms with Crippen molar-refractivity contribution in [3.8, 4) is 0 Å². The smallest absolute Gasteiger partial charge is 0.325 e. The fourth-order valence-electron chi connectivity index (χ4n) is 1.53. The third-order valence-electron chi connectivity index (χ3n) is 2.54. The predicted octanol–water partition coefficient (Wildman–Crippen LogP) is 1.43. The Labute approximate surface area is 111 Å². The number of nitrogen functional groups attached to an aromatic ring is 1.